The van der Waals surface area contributed by atoms with Crippen molar-refractivity contribution in [1.29, 1.82) is 0 Å². The molecule has 0 spiro atoms. The SMILES string of the molecule is CC(C)(C)[C@@H]1OO[C@@]2(c3ccccc3)CC(c3ccccc3)=C[C@H]2O1. The van der Waals surface area contributed by atoms with E-state index in [-0.39, 0.29) is 11.5 Å². The summed E-state index contributed by atoms with van der Waals surface area (Å²) in [5.41, 5.74) is 2.72. The van der Waals surface area contributed by atoms with Crippen LogP contribution in [0.2, 0.25) is 0 Å². The predicted molar refractivity (Wildman–Crippen MR) is 97.4 cm³/mol. The second kappa shape index (κ2) is 6.10. The molecule has 3 heteroatoms. The van der Waals surface area contributed by atoms with Crippen LogP contribution in [0.4, 0.5) is 0 Å². The van der Waals surface area contributed by atoms with Gasteiger partial charge in [-0.2, -0.15) is 0 Å². The molecule has 1 aliphatic carbocycles. The molecule has 2 aromatic carbocycles. The molecule has 1 saturated heterocycles. The van der Waals surface area contributed by atoms with Crippen LogP contribution < -0.4 is 0 Å². The first-order valence-corrected chi connectivity index (χ1v) is 8.81. The van der Waals surface area contributed by atoms with Crippen molar-refractivity contribution in [3.05, 3.63) is 77.9 Å². The van der Waals surface area contributed by atoms with Gasteiger partial charge in [-0.3, -0.25) is 0 Å². The van der Waals surface area contributed by atoms with Gasteiger partial charge < -0.3 is 4.74 Å². The summed E-state index contributed by atoms with van der Waals surface area (Å²) in [5, 5.41) is 0. The highest BCUT2D eigenvalue weighted by Crippen LogP contribution is 2.50. The first kappa shape index (κ1) is 16.5. The van der Waals surface area contributed by atoms with Crippen molar-refractivity contribution in [2.24, 2.45) is 5.41 Å². The summed E-state index contributed by atoms with van der Waals surface area (Å²) in [6.07, 6.45) is 2.34. The second-order valence-electron chi connectivity index (χ2n) is 7.92. The fourth-order valence-corrected chi connectivity index (χ4v) is 3.50. The standard InChI is InChI=1S/C22H24O3/c1-21(2,3)20-23-19-14-17(16-10-6-4-7-11-16)15-22(19,25-24-20)18-12-8-5-9-13-18/h4-14,19-20H,15H2,1-3H3/t19-,20+,22-/m1/s1. The van der Waals surface area contributed by atoms with E-state index in [1.807, 2.05) is 24.3 Å². The zero-order valence-corrected chi connectivity index (χ0v) is 14.9. The van der Waals surface area contributed by atoms with Crippen molar-refractivity contribution in [2.45, 2.75) is 45.2 Å². The third kappa shape index (κ3) is 2.93. The first-order valence-electron chi connectivity index (χ1n) is 8.81. The number of rotatable bonds is 2. The molecule has 4 rings (SSSR count). The monoisotopic (exact) mass is 336 g/mol. The second-order valence-corrected chi connectivity index (χ2v) is 7.92. The fraction of sp³-hybridized carbons (Fsp3) is 0.364. The quantitative estimate of drug-likeness (QED) is 0.715. The predicted octanol–water partition coefficient (Wildman–Crippen LogP) is 5.09. The summed E-state index contributed by atoms with van der Waals surface area (Å²) in [4.78, 5) is 11.8. The van der Waals surface area contributed by atoms with Gasteiger partial charge in [-0.25, -0.2) is 9.78 Å². The molecule has 0 unspecified atom stereocenters. The third-order valence-electron chi connectivity index (χ3n) is 4.93. The Hall–Kier alpha value is -1.94. The van der Waals surface area contributed by atoms with Crippen LogP contribution in [-0.4, -0.2) is 12.4 Å². The Balaban J connectivity index is 1.73. The van der Waals surface area contributed by atoms with Crippen LogP contribution in [0.1, 0.15) is 38.3 Å². The van der Waals surface area contributed by atoms with E-state index < -0.39 is 11.9 Å². The highest BCUT2D eigenvalue weighted by atomic mass is 17.2. The van der Waals surface area contributed by atoms with Gasteiger partial charge in [0.2, 0.25) is 0 Å². The van der Waals surface area contributed by atoms with E-state index >= 15 is 0 Å². The van der Waals surface area contributed by atoms with Gasteiger partial charge in [-0.05, 0) is 22.8 Å². The number of benzene rings is 2. The Morgan fingerprint density at radius 2 is 1.56 bits per heavy atom. The molecule has 1 fully saturated rings. The number of fused-ring (bicyclic) bond motifs is 1. The van der Waals surface area contributed by atoms with Gasteiger partial charge in [0.15, 0.2) is 11.9 Å². The summed E-state index contributed by atoms with van der Waals surface area (Å²) in [6.45, 7) is 6.27. The van der Waals surface area contributed by atoms with Crippen molar-refractivity contribution in [3.63, 3.8) is 0 Å². The molecule has 0 amide bonds. The van der Waals surface area contributed by atoms with Crippen molar-refractivity contribution in [2.75, 3.05) is 0 Å². The molecular formula is C22H24O3. The molecule has 1 aliphatic heterocycles. The third-order valence-corrected chi connectivity index (χ3v) is 4.93. The van der Waals surface area contributed by atoms with Gasteiger partial charge in [0, 0.05) is 11.8 Å². The lowest BCUT2D eigenvalue weighted by atomic mass is 9.86. The number of hydrogen-bond acceptors (Lipinski definition) is 3. The van der Waals surface area contributed by atoms with Crippen molar-refractivity contribution in [1.82, 2.24) is 0 Å². The first-order chi connectivity index (χ1) is 12.0. The Morgan fingerprint density at radius 1 is 0.920 bits per heavy atom. The van der Waals surface area contributed by atoms with E-state index in [1.165, 1.54) is 11.1 Å². The molecule has 3 nitrogen and oxygen atoms in total. The average molecular weight is 336 g/mol. The summed E-state index contributed by atoms with van der Waals surface area (Å²) >= 11 is 0. The molecule has 25 heavy (non-hydrogen) atoms. The maximum atomic E-state index is 6.36. The molecule has 130 valence electrons. The molecule has 0 radical (unpaired) electrons. The summed E-state index contributed by atoms with van der Waals surface area (Å²) in [5.74, 6) is 0. The zero-order valence-electron chi connectivity index (χ0n) is 14.9. The molecule has 0 N–H and O–H groups in total. The van der Waals surface area contributed by atoms with Crippen LogP contribution in [0.25, 0.3) is 5.57 Å². The van der Waals surface area contributed by atoms with E-state index in [2.05, 4.69) is 63.2 Å². The summed E-state index contributed by atoms with van der Waals surface area (Å²) in [6, 6.07) is 20.6. The Morgan fingerprint density at radius 3 is 2.20 bits per heavy atom. The van der Waals surface area contributed by atoms with Gasteiger partial charge in [0.1, 0.15) is 6.10 Å². The van der Waals surface area contributed by atoms with Gasteiger partial charge in [-0.15, -0.1) is 0 Å². The Bertz CT molecular complexity index is 761. The number of hydrogen-bond donors (Lipinski definition) is 0. The zero-order chi connectivity index (χ0) is 17.5. The summed E-state index contributed by atoms with van der Waals surface area (Å²) < 4.78 is 6.36. The maximum Gasteiger partial charge on any atom is 0.196 e. The number of ether oxygens (including phenoxy) is 1. The lowest BCUT2D eigenvalue weighted by molar-refractivity contribution is -0.500. The average Bonchev–Trinajstić information content (AvgIpc) is 3.02. The normalized spacial score (nSPS) is 29.2. The van der Waals surface area contributed by atoms with Crippen LogP contribution in [0.15, 0.2) is 66.7 Å². The van der Waals surface area contributed by atoms with E-state index in [4.69, 9.17) is 14.5 Å². The lowest BCUT2D eigenvalue weighted by Gasteiger charge is -2.44. The molecule has 1 heterocycles. The Kier molecular flexibility index (Phi) is 4.03. The topological polar surface area (TPSA) is 27.7 Å². The van der Waals surface area contributed by atoms with Gasteiger partial charge in [0.25, 0.3) is 0 Å². The smallest absolute Gasteiger partial charge is 0.196 e. The molecule has 2 aliphatic rings. The van der Waals surface area contributed by atoms with E-state index in [1.54, 1.807) is 0 Å². The Labute approximate surface area is 149 Å². The minimum Gasteiger partial charge on any atom is -0.338 e. The van der Waals surface area contributed by atoms with Crippen LogP contribution in [-0.2, 0) is 20.1 Å². The van der Waals surface area contributed by atoms with E-state index in [0.29, 0.717) is 0 Å². The van der Waals surface area contributed by atoms with Gasteiger partial charge >= 0.3 is 0 Å². The molecule has 0 saturated carbocycles. The minimum atomic E-state index is -0.631. The highest BCUT2D eigenvalue weighted by Gasteiger charge is 2.53. The molecule has 0 bridgehead atoms. The highest BCUT2D eigenvalue weighted by molar-refractivity contribution is 5.70. The molecule has 3 atom stereocenters. The van der Waals surface area contributed by atoms with Crippen LogP contribution in [0.3, 0.4) is 0 Å². The van der Waals surface area contributed by atoms with Crippen LogP contribution >= 0.6 is 0 Å². The van der Waals surface area contributed by atoms with Crippen molar-refractivity contribution < 1.29 is 14.5 Å². The van der Waals surface area contributed by atoms with Crippen molar-refractivity contribution in [3.8, 4) is 0 Å². The fourth-order valence-electron chi connectivity index (χ4n) is 3.50. The summed E-state index contributed by atoms with van der Waals surface area (Å²) in [7, 11) is 0. The molecule has 2 aromatic rings. The minimum absolute atomic E-state index is 0.161. The van der Waals surface area contributed by atoms with Crippen molar-refractivity contribution >= 4 is 5.57 Å². The van der Waals surface area contributed by atoms with Crippen LogP contribution in [0.5, 0.6) is 0 Å². The lowest BCUT2D eigenvalue weighted by Crippen LogP contribution is -2.51. The van der Waals surface area contributed by atoms with Crippen LogP contribution in [0, 0.1) is 5.41 Å². The van der Waals surface area contributed by atoms with Gasteiger partial charge in [-0.1, -0.05) is 81.4 Å². The van der Waals surface area contributed by atoms with E-state index in [9.17, 15) is 0 Å². The largest absolute Gasteiger partial charge is 0.338 e. The molecule has 0 aromatic heterocycles. The van der Waals surface area contributed by atoms with Gasteiger partial charge in [0.05, 0.1) is 0 Å². The van der Waals surface area contributed by atoms with E-state index in [0.717, 1.165) is 12.0 Å². The maximum absolute atomic E-state index is 6.36. The molecular weight excluding hydrogens is 312 g/mol.